The molecule has 1 amide bonds. The number of carbonyl (C=O) groups is 2. The Kier molecular flexibility index (Phi) is 5.23. The van der Waals surface area contributed by atoms with E-state index in [2.05, 4.69) is 4.99 Å². The third-order valence-electron chi connectivity index (χ3n) is 3.79. The molecule has 2 aromatic carbocycles. The SMILES string of the molecule is CC(C)N1C(=O)/C(=C/c2ccc(C(=O)O)cc2)SC1=Nc1ccccc1. The number of hydrogen-bond acceptors (Lipinski definition) is 4. The van der Waals surface area contributed by atoms with Crippen molar-refractivity contribution < 1.29 is 14.7 Å². The van der Waals surface area contributed by atoms with E-state index in [0.717, 1.165) is 11.3 Å². The van der Waals surface area contributed by atoms with Crippen LogP contribution in [0.2, 0.25) is 0 Å². The summed E-state index contributed by atoms with van der Waals surface area (Å²) in [4.78, 5) is 30.6. The summed E-state index contributed by atoms with van der Waals surface area (Å²) in [5.41, 5.74) is 1.78. The van der Waals surface area contributed by atoms with Crippen LogP contribution < -0.4 is 0 Å². The van der Waals surface area contributed by atoms with Gasteiger partial charge in [-0.25, -0.2) is 9.79 Å². The van der Waals surface area contributed by atoms with Crippen LogP contribution >= 0.6 is 11.8 Å². The molecule has 1 aliphatic heterocycles. The number of benzene rings is 2. The summed E-state index contributed by atoms with van der Waals surface area (Å²) in [6.45, 7) is 3.90. The monoisotopic (exact) mass is 366 g/mol. The molecule has 6 heteroatoms. The van der Waals surface area contributed by atoms with Crippen LogP contribution in [-0.4, -0.2) is 33.1 Å². The number of thioether (sulfide) groups is 1. The van der Waals surface area contributed by atoms with Crippen LogP contribution in [0.25, 0.3) is 6.08 Å². The van der Waals surface area contributed by atoms with Gasteiger partial charge in [-0.15, -0.1) is 0 Å². The van der Waals surface area contributed by atoms with Gasteiger partial charge in [0.2, 0.25) is 0 Å². The summed E-state index contributed by atoms with van der Waals surface area (Å²) < 4.78 is 0. The predicted octanol–water partition coefficient (Wildman–Crippen LogP) is 4.40. The average molecular weight is 366 g/mol. The molecule has 1 saturated heterocycles. The zero-order valence-electron chi connectivity index (χ0n) is 14.4. The Balaban J connectivity index is 1.92. The van der Waals surface area contributed by atoms with Gasteiger partial charge in [-0.2, -0.15) is 0 Å². The molecule has 1 aliphatic rings. The third kappa shape index (κ3) is 3.86. The smallest absolute Gasteiger partial charge is 0.335 e. The second-order valence-corrected chi connectivity index (χ2v) is 7.05. The van der Waals surface area contributed by atoms with E-state index < -0.39 is 5.97 Å². The highest BCUT2D eigenvalue weighted by Gasteiger charge is 2.35. The molecule has 1 heterocycles. The van der Waals surface area contributed by atoms with Crippen LogP contribution in [0.3, 0.4) is 0 Å². The minimum absolute atomic E-state index is 0.0160. The third-order valence-corrected chi connectivity index (χ3v) is 4.77. The molecule has 1 N–H and O–H groups in total. The zero-order valence-corrected chi connectivity index (χ0v) is 15.2. The minimum Gasteiger partial charge on any atom is -0.478 e. The van der Waals surface area contributed by atoms with Crippen molar-refractivity contribution >= 4 is 40.6 Å². The van der Waals surface area contributed by atoms with Crippen LogP contribution in [0.4, 0.5) is 5.69 Å². The molecule has 5 nitrogen and oxygen atoms in total. The number of amidine groups is 1. The predicted molar refractivity (Wildman–Crippen MR) is 104 cm³/mol. The summed E-state index contributed by atoms with van der Waals surface area (Å²) >= 11 is 1.33. The van der Waals surface area contributed by atoms with Gasteiger partial charge in [0.1, 0.15) is 0 Å². The second-order valence-electron chi connectivity index (χ2n) is 6.04. The van der Waals surface area contributed by atoms with Crippen LogP contribution in [0.15, 0.2) is 64.5 Å². The number of hydrogen-bond donors (Lipinski definition) is 1. The Bertz CT molecular complexity index is 887. The van der Waals surface area contributed by atoms with Crippen molar-refractivity contribution in [2.24, 2.45) is 4.99 Å². The maximum atomic E-state index is 12.8. The first-order valence-corrected chi connectivity index (χ1v) is 8.97. The van der Waals surface area contributed by atoms with Crippen molar-refractivity contribution in [1.29, 1.82) is 0 Å². The van der Waals surface area contributed by atoms with E-state index in [0.29, 0.717) is 10.1 Å². The molecule has 0 atom stereocenters. The number of rotatable bonds is 4. The van der Waals surface area contributed by atoms with Crippen molar-refractivity contribution in [3.63, 3.8) is 0 Å². The van der Waals surface area contributed by atoms with Gasteiger partial charge in [0, 0.05) is 6.04 Å². The van der Waals surface area contributed by atoms with Gasteiger partial charge >= 0.3 is 5.97 Å². The molecule has 132 valence electrons. The number of carbonyl (C=O) groups excluding carboxylic acids is 1. The maximum Gasteiger partial charge on any atom is 0.335 e. The lowest BCUT2D eigenvalue weighted by atomic mass is 10.1. The number of amides is 1. The van der Waals surface area contributed by atoms with Crippen LogP contribution in [0.1, 0.15) is 29.8 Å². The first kappa shape index (κ1) is 17.9. The zero-order chi connectivity index (χ0) is 18.7. The summed E-state index contributed by atoms with van der Waals surface area (Å²) in [7, 11) is 0. The van der Waals surface area contributed by atoms with Crippen molar-refractivity contribution in [2.75, 3.05) is 0 Å². The van der Waals surface area contributed by atoms with Gasteiger partial charge in [-0.05, 0) is 61.5 Å². The van der Waals surface area contributed by atoms with Gasteiger partial charge in [-0.3, -0.25) is 9.69 Å². The highest BCUT2D eigenvalue weighted by atomic mass is 32.2. The van der Waals surface area contributed by atoms with E-state index >= 15 is 0 Å². The second kappa shape index (κ2) is 7.58. The van der Waals surface area contributed by atoms with Crippen molar-refractivity contribution in [2.45, 2.75) is 19.9 Å². The Labute approximate surface area is 156 Å². The molecule has 0 spiro atoms. The van der Waals surface area contributed by atoms with Crippen LogP contribution in [-0.2, 0) is 4.79 Å². The first-order chi connectivity index (χ1) is 12.5. The Morgan fingerprint density at radius 1 is 1.12 bits per heavy atom. The quantitative estimate of drug-likeness (QED) is 0.815. The molecule has 3 rings (SSSR count). The fraction of sp³-hybridized carbons (Fsp3) is 0.150. The standard InChI is InChI=1S/C20H18N2O3S/c1-13(2)22-18(23)17(12-14-8-10-15(11-9-14)19(24)25)26-20(22)21-16-6-4-3-5-7-16/h3-13H,1-2H3,(H,24,25)/b17-12-,21-20?. The normalized spacial score (nSPS) is 17.5. The lowest BCUT2D eigenvalue weighted by Gasteiger charge is -2.19. The lowest BCUT2D eigenvalue weighted by molar-refractivity contribution is -0.123. The van der Waals surface area contributed by atoms with Crippen molar-refractivity contribution in [3.05, 3.63) is 70.6 Å². The fourth-order valence-corrected chi connectivity index (χ4v) is 3.63. The van der Waals surface area contributed by atoms with Crippen molar-refractivity contribution in [1.82, 2.24) is 4.90 Å². The van der Waals surface area contributed by atoms with Gasteiger partial charge in [0.05, 0.1) is 16.2 Å². The molecule has 0 aliphatic carbocycles. The van der Waals surface area contributed by atoms with E-state index in [4.69, 9.17) is 5.11 Å². The molecule has 0 radical (unpaired) electrons. The molecule has 0 aromatic heterocycles. The highest BCUT2D eigenvalue weighted by molar-refractivity contribution is 8.18. The highest BCUT2D eigenvalue weighted by Crippen LogP contribution is 2.35. The Morgan fingerprint density at radius 2 is 1.77 bits per heavy atom. The number of nitrogens with zero attached hydrogens (tertiary/aromatic N) is 2. The lowest BCUT2D eigenvalue weighted by Crippen LogP contribution is -2.35. The Hall–Kier alpha value is -2.86. The van der Waals surface area contributed by atoms with Gasteiger partial charge in [-0.1, -0.05) is 30.3 Å². The molecule has 2 aromatic rings. The van der Waals surface area contributed by atoms with Gasteiger partial charge < -0.3 is 5.11 Å². The first-order valence-electron chi connectivity index (χ1n) is 8.16. The number of aromatic carboxylic acids is 1. The summed E-state index contributed by atoms with van der Waals surface area (Å²) in [6.07, 6.45) is 1.77. The Morgan fingerprint density at radius 3 is 2.35 bits per heavy atom. The topological polar surface area (TPSA) is 70.0 Å². The van der Waals surface area contributed by atoms with Gasteiger partial charge in [0.25, 0.3) is 5.91 Å². The van der Waals surface area contributed by atoms with E-state index in [1.54, 1.807) is 23.1 Å². The van der Waals surface area contributed by atoms with Crippen molar-refractivity contribution in [3.8, 4) is 0 Å². The number of para-hydroxylation sites is 1. The molecular weight excluding hydrogens is 348 g/mol. The van der Waals surface area contributed by atoms with Gasteiger partial charge in [0.15, 0.2) is 5.17 Å². The summed E-state index contributed by atoms with van der Waals surface area (Å²) in [5.74, 6) is -1.07. The van der Waals surface area contributed by atoms with Crippen LogP contribution in [0.5, 0.6) is 0 Å². The number of carboxylic acid groups (broad SMARTS) is 1. The van der Waals surface area contributed by atoms with E-state index in [9.17, 15) is 9.59 Å². The molecular formula is C20H18N2O3S. The molecule has 1 fully saturated rings. The molecule has 26 heavy (non-hydrogen) atoms. The fourth-order valence-electron chi connectivity index (χ4n) is 2.51. The molecule has 0 unspecified atom stereocenters. The molecule has 0 bridgehead atoms. The molecule has 0 saturated carbocycles. The summed E-state index contributed by atoms with van der Waals surface area (Å²) in [5, 5.41) is 9.62. The van der Waals surface area contributed by atoms with E-state index in [1.165, 1.54) is 23.9 Å². The average Bonchev–Trinajstić information content (AvgIpc) is 2.91. The van der Waals surface area contributed by atoms with E-state index in [-0.39, 0.29) is 17.5 Å². The van der Waals surface area contributed by atoms with Crippen LogP contribution in [0, 0.1) is 0 Å². The minimum atomic E-state index is -0.973. The maximum absolute atomic E-state index is 12.8. The largest absolute Gasteiger partial charge is 0.478 e. The number of aliphatic imine (C=N–C) groups is 1. The summed E-state index contributed by atoms with van der Waals surface area (Å²) in [6, 6.07) is 15.9. The van der Waals surface area contributed by atoms with E-state index in [1.807, 2.05) is 44.2 Å². The number of carboxylic acids is 1.